The van der Waals surface area contributed by atoms with Crippen molar-refractivity contribution in [1.82, 2.24) is 10.6 Å². The van der Waals surface area contributed by atoms with Crippen LogP contribution < -0.4 is 21.1 Å². The summed E-state index contributed by atoms with van der Waals surface area (Å²) in [5, 5.41) is 7.05. The monoisotopic (exact) mass is 354 g/mol. The van der Waals surface area contributed by atoms with E-state index in [1.807, 2.05) is 19.1 Å². The Kier molecular flexibility index (Phi) is 7.85. The van der Waals surface area contributed by atoms with Gasteiger partial charge in [-0.15, -0.1) is 0 Å². The van der Waals surface area contributed by atoms with Gasteiger partial charge in [0.05, 0.1) is 19.1 Å². The number of methoxy groups -OCH3 is 1. The number of aliphatic imine (C=N–C) groups is 1. The second-order valence-corrected chi connectivity index (χ2v) is 6.48. The molecule has 0 bridgehead atoms. The van der Waals surface area contributed by atoms with Crippen molar-refractivity contribution in [2.24, 2.45) is 16.1 Å². The fraction of sp³-hybridized carbons (Fsp3) is 0.529. The molecule has 6 nitrogen and oxygen atoms in total. The van der Waals surface area contributed by atoms with Crippen LogP contribution in [-0.2, 0) is 11.2 Å². The van der Waals surface area contributed by atoms with E-state index in [-0.39, 0.29) is 5.91 Å². The first-order valence-electron chi connectivity index (χ1n) is 7.94. The molecule has 0 spiro atoms. The van der Waals surface area contributed by atoms with E-state index in [2.05, 4.69) is 15.6 Å². The number of halogens is 1. The second-order valence-electron chi connectivity index (χ2n) is 6.08. The van der Waals surface area contributed by atoms with Crippen LogP contribution in [0.25, 0.3) is 0 Å². The van der Waals surface area contributed by atoms with E-state index in [4.69, 9.17) is 22.1 Å². The number of hydrogen-bond donors (Lipinski definition) is 3. The lowest BCUT2D eigenvalue weighted by atomic mass is 9.93. The zero-order valence-corrected chi connectivity index (χ0v) is 15.5. The normalized spacial score (nSPS) is 12.0. The number of primary amides is 1. The molecule has 1 amide bonds. The molecule has 0 aromatic heterocycles. The molecule has 0 aliphatic carbocycles. The number of carbonyl (C=O) groups excluding carboxylic acids is 1. The van der Waals surface area contributed by atoms with E-state index >= 15 is 0 Å². The third-order valence-electron chi connectivity index (χ3n) is 3.59. The van der Waals surface area contributed by atoms with Crippen LogP contribution in [0.4, 0.5) is 0 Å². The van der Waals surface area contributed by atoms with Crippen LogP contribution in [0, 0.1) is 5.41 Å². The first-order valence-corrected chi connectivity index (χ1v) is 8.32. The molecule has 7 heteroatoms. The summed E-state index contributed by atoms with van der Waals surface area (Å²) in [6.45, 7) is 7.25. The topological polar surface area (TPSA) is 88.7 Å². The highest BCUT2D eigenvalue weighted by atomic mass is 35.5. The lowest BCUT2D eigenvalue weighted by molar-refractivity contribution is -0.125. The first kappa shape index (κ1) is 20.1. The zero-order chi connectivity index (χ0) is 18.2. The molecule has 0 fully saturated rings. The maximum Gasteiger partial charge on any atom is 0.224 e. The lowest BCUT2D eigenvalue weighted by Crippen LogP contribution is -2.40. The SMILES string of the molecule is CCNC(=NCC(C)(C)C(N)=O)NCCc1ccc(OC)cc1Cl. The summed E-state index contributed by atoms with van der Waals surface area (Å²) in [5.74, 6) is 1.02. The second kappa shape index (κ2) is 9.37. The summed E-state index contributed by atoms with van der Waals surface area (Å²) in [4.78, 5) is 15.8. The molecule has 4 N–H and O–H groups in total. The van der Waals surface area contributed by atoms with Gasteiger partial charge in [-0.2, -0.15) is 0 Å². The third-order valence-corrected chi connectivity index (χ3v) is 3.94. The van der Waals surface area contributed by atoms with E-state index in [0.29, 0.717) is 24.1 Å². The number of carbonyl (C=O) groups is 1. The molecule has 0 heterocycles. The van der Waals surface area contributed by atoms with Crippen LogP contribution in [0.2, 0.25) is 5.02 Å². The number of guanidine groups is 1. The molecule has 0 saturated heterocycles. The largest absolute Gasteiger partial charge is 0.497 e. The minimum absolute atomic E-state index is 0.320. The number of hydrogen-bond acceptors (Lipinski definition) is 3. The molecule has 1 rings (SSSR count). The maximum atomic E-state index is 11.4. The van der Waals surface area contributed by atoms with Crippen molar-refractivity contribution in [3.63, 3.8) is 0 Å². The highest BCUT2D eigenvalue weighted by molar-refractivity contribution is 6.31. The van der Waals surface area contributed by atoms with Gasteiger partial charge in [0.25, 0.3) is 0 Å². The number of amides is 1. The molecule has 0 saturated carbocycles. The van der Waals surface area contributed by atoms with Crippen LogP contribution in [0.1, 0.15) is 26.3 Å². The molecule has 0 aliphatic rings. The number of rotatable bonds is 8. The fourth-order valence-electron chi connectivity index (χ4n) is 1.87. The van der Waals surface area contributed by atoms with Gasteiger partial charge in [-0.05, 0) is 44.9 Å². The Labute approximate surface area is 148 Å². The first-order chi connectivity index (χ1) is 11.3. The summed E-state index contributed by atoms with van der Waals surface area (Å²) < 4.78 is 5.14. The zero-order valence-electron chi connectivity index (χ0n) is 14.8. The van der Waals surface area contributed by atoms with E-state index in [0.717, 1.165) is 24.3 Å². The average Bonchev–Trinajstić information content (AvgIpc) is 2.53. The quantitative estimate of drug-likeness (QED) is 0.492. The van der Waals surface area contributed by atoms with Crippen molar-refractivity contribution < 1.29 is 9.53 Å². The molecular weight excluding hydrogens is 328 g/mol. The van der Waals surface area contributed by atoms with Gasteiger partial charge in [0.15, 0.2) is 5.96 Å². The van der Waals surface area contributed by atoms with E-state index in [1.54, 1.807) is 27.0 Å². The lowest BCUT2D eigenvalue weighted by Gasteiger charge is -2.19. The van der Waals surface area contributed by atoms with Crippen molar-refractivity contribution in [2.45, 2.75) is 27.2 Å². The standard InChI is InChI=1S/C17H27ClN4O2/c1-5-20-16(22-11-17(2,3)15(19)23)21-9-8-12-6-7-13(24-4)10-14(12)18/h6-7,10H,5,8-9,11H2,1-4H3,(H2,19,23)(H2,20,21,22). The van der Waals surface area contributed by atoms with Crippen molar-refractivity contribution in [1.29, 1.82) is 0 Å². The van der Waals surface area contributed by atoms with E-state index in [1.165, 1.54) is 0 Å². The molecule has 24 heavy (non-hydrogen) atoms. The minimum Gasteiger partial charge on any atom is -0.497 e. The smallest absolute Gasteiger partial charge is 0.224 e. The minimum atomic E-state index is -0.679. The molecular formula is C17H27ClN4O2. The third kappa shape index (κ3) is 6.28. The predicted octanol–water partition coefficient (Wildman–Crippen LogP) is 1.96. The highest BCUT2D eigenvalue weighted by Gasteiger charge is 2.24. The molecule has 1 aromatic carbocycles. The van der Waals surface area contributed by atoms with Crippen molar-refractivity contribution >= 4 is 23.5 Å². The Morgan fingerprint density at radius 1 is 1.38 bits per heavy atom. The number of nitrogens with two attached hydrogens (primary N) is 1. The molecule has 134 valence electrons. The average molecular weight is 355 g/mol. The molecule has 0 aliphatic heterocycles. The number of ether oxygens (including phenoxy) is 1. The van der Waals surface area contributed by atoms with Crippen molar-refractivity contribution in [3.05, 3.63) is 28.8 Å². The van der Waals surface area contributed by atoms with Crippen LogP contribution in [0.3, 0.4) is 0 Å². The van der Waals surface area contributed by atoms with E-state index in [9.17, 15) is 4.79 Å². The number of benzene rings is 1. The van der Waals surface area contributed by atoms with Gasteiger partial charge in [0, 0.05) is 18.1 Å². The van der Waals surface area contributed by atoms with Gasteiger partial charge in [-0.25, -0.2) is 0 Å². The van der Waals surface area contributed by atoms with Gasteiger partial charge in [-0.3, -0.25) is 9.79 Å². The van der Waals surface area contributed by atoms with E-state index < -0.39 is 5.41 Å². The fourth-order valence-corrected chi connectivity index (χ4v) is 2.13. The summed E-state index contributed by atoms with van der Waals surface area (Å²) >= 11 is 6.24. The molecule has 1 aromatic rings. The van der Waals surface area contributed by atoms with Gasteiger partial charge >= 0.3 is 0 Å². The Hall–Kier alpha value is -1.95. The van der Waals surface area contributed by atoms with Gasteiger partial charge in [-0.1, -0.05) is 17.7 Å². The summed E-state index contributed by atoms with van der Waals surface area (Å²) in [7, 11) is 1.61. The maximum absolute atomic E-state index is 11.4. The van der Waals surface area contributed by atoms with Gasteiger partial charge in [0.2, 0.25) is 5.91 Å². The molecule has 0 atom stereocenters. The Morgan fingerprint density at radius 3 is 2.62 bits per heavy atom. The predicted molar refractivity (Wildman–Crippen MR) is 98.7 cm³/mol. The van der Waals surface area contributed by atoms with Gasteiger partial charge < -0.3 is 21.1 Å². The summed E-state index contributed by atoms with van der Waals surface area (Å²) in [6, 6.07) is 5.63. The van der Waals surface area contributed by atoms with Crippen LogP contribution in [-0.4, -0.2) is 38.6 Å². The summed E-state index contributed by atoms with van der Waals surface area (Å²) in [6.07, 6.45) is 0.743. The Bertz CT molecular complexity index is 588. The van der Waals surface area contributed by atoms with Crippen LogP contribution >= 0.6 is 11.6 Å². The summed E-state index contributed by atoms with van der Waals surface area (Å²) in [5.41, 5.74) is 5.72. The Balaban J connectivity index is 2.62. The van der Waals surface area contributed by atoms with Crippen LogP contribution in [0.5, 0.6) is 5.75 Å². The Morgan fingerprint density at radius 2 is 2.08 bits per heavy atom. The number of nitrogens with one attached hydrogen (secondary N) is 2. The van der Waals surface area contributed by atoms with Crippen molar-refractivity contribution in [3.8, 4) is 5.75 Å². The van der Waals surface area contributed by atoms with Crippen molar-refractivity contribution in [2.75, 3.05) is 26.7 Å². The van der Waals surface area contributed by atoms with Crippen LogP contribution in [0.15, 0.2) is 23.2 Å². The molecule has 0 unspecified atom stereocenters. The van der Waals surface area contributed by atoms with Gasteiger partial charge in [0.1, 0.15) is 5.75 Å². The number of nitrogens with zero attached hydrogens (tertiary/aromatic N) is 1. The molecule has 0 radical (unpaired) electrons. The highest BCUT2D eigenvalue weighted by Crippen LogP contribution is 2.22.